The van der Waals surface area contributed by atoms with Crippen LogP contribution < -0.4 is 4.72 Å². The normalized spacial score (nSPS) is 18.8. The number of nitrogens with zero attached hydrogens (tertiary/aromatic N) is 1. The summed E-state index contributed by atoms with van der Waals surface area (Å²) in [6.45, 7) is 4.47. The van der Waals surface area contributed by atoms with Crippen LogP contribution in [0.3, 0.4) is 0 Å². The van der Waals surface area contributed by atoms with Gasteiger partial charge in [-0.15, -0.1) is 0 Å². The van der Waals surface area contributed by atoms with Crippen LogP contribution >= 0.6 is 0 Å². The van der Waals surface area contributed by atoms with Crippen LogP contribution in [0.15, 0.2) is 0 Å². The zero-order chi connectivity index (χ0) is 13.8. The summed E-state index contributed by atoms with van der Waals surface area (Å²) in [5, 5.41) is 9.22. The topological polar surface area (TPSA) is 95.9 Å². The summed E-state index contributed by atoms with van der Waals surface area (Å²) in [5.74, 6) is -1.15. The fourth-order valence-corrected chi connectivity index (χ4v) is 3.47. The molecule has 1 aliphatic heterocycles. The average Bonchev–Trinajstić information content (AvgIpc) is 2.37. The van der Waals surface area contributed by atoms with Crippen LogP contribution in [0.25, 0.3) is 0 Å². The zero-order valence-electron chi connectivity index (χ0n) is 10.7. The van der Waals surface area contributed by atoms with Gasteiger partial charge in [0.1, 0.15) is 5.54 Å². The van der Waals surface area contributed by atoms with E-state index in [1.165, 1.54) is 4.31 Å². The maximum Gasteiger partial charge on any atom is 0.324 e. The van der Waals surface area contributed by atoms with Gasteiger partial charge in [0, 0.05) is 13.1 Å². The molecule has 106 valence electrons. The van der Waals surface area contributed by atoms with E-state index < -0.39 is 21.7 Å². The summed E-state index contributed by atoms with van der Waals surface area (Å²) in [4.78, 5) is 11.3. The zero-order valence-corrected chi connectivity index (χ0v) is 11.5. The Morgan fingerprint density at radius 2 is 1.83 bits per heavy atom. The van der Waals surface area contributed by atoms with Gasteiger partial charge in [0.25, 0.3) is 10.2 Å². The first-order valence-corrected chi connectivity index (χ1v) is 7.42. The first-order chi connectivity index (χ1) is 8.38. The molecule has 0 aromatic heterocycles. The molecule has 1 saturated heterocycles. The van der Waals surface area contributed by atoms with Gasteiger partial charge in [-0.1, -0.05) is 13.8 Å². The molecule has 0 aromatic carbocycles. The minimum Gasteiger partial charge on any atom is -0.480 e. The molecule has 1 aliphatic rings. The lowest BCUT2D eigenvalue weighted by molar-refractivity contribution is -0.144. The minimum atomic E-state index is -3.79. The summed E-state index contributed by atoms with van der Waals surface area (Å²) in [7, 11) is -3.79. The van der Waals surface area contributed by atoms with Crippen molar-refractivity contribution < 1.29 is 23.1 Å². The van der Waals surface area contributed by atoms with Gasteiger partial charge in [0.2, 0.25) is 0 Å². The van der Waals surface area contributed by atoms with Crippen LogP contribution in [0.5, 0.6) is 0 Å². The molecule has 0 saturated carbocycles. The van der Waals surface area contributed by atoms with Crippen LogP contribution in [-0.2, 0) is 19.7 Å². The van der Waals surface area contributed by atoms with E-state index in [0.29, 0.717) is 13.2 Å². The van der Waals surface area contributed by atoms with Crippen LogP contribution in [0.4, 0.5) is 0 Å². The summed E-state index contributed by atoms with van der Waals surface area (Å²) in [6.07, 6.45) is 0.394. The molecule has 1 rings (SSSR count). The minimum absolute atomic E-state index is 0.197. The van der Waals surface area contributed by atoms with Crippen molar-refractivity contribution in [2.45, 2.75) is 32.2 Å². The van der Waals surface area contributed by atoms with Crippen LogP contribution in [0.2, 0.25) is 0 Å². The number of rotatable bonds is 6. The Kier molecular flexibility index (Phi) is 5.09. The second-order valence-electron chi connectivity index (χ2n) is 4.21. The van der Waals surface area contributed by atoms with E-state index in [2.05, 4.69) is 4.72 Å². The van der Waals surface area contributed by atoms with Crippen LogP contribution in [0.1, 0.15) is 26.7 Å². The fraction of sp³-hybridized carbons (Fsp3) is 0.900. The van der Waals surface area contributed by atoms with Crippen molar-refractivity contribution in [3.63, 3.8) is 0 Å². The molecular weight excluding hydrogens is 260 g/mol. The number of carbonyl (C=O) groups is 1. The first-order valence-electron chi connectivity index (χ1n) is 5.98. The highest BCUT2D eigenvalue weighted by atomic mass is 32.2. The molecule has 2 N–H and O–H groups in total. The predicted octanol–water partition coefficient (Wildman–Crippen LogP) is -0.204. The van der Waals surface area contributed by atoms with Crippen LogP contribution in [-0.4, -0.2) is 55.6 Å². The standard InChI is InChI=1S/C10H20N2O5S/c1-3-10(4-2,9(13)14)11-18(15,16)12-5-7-17-8-6-12/h11H,3-8H2,1-2H3,(H,13,14). The van der Waals surface area contributed by atoms with Crippen molar-refractivity contribution in [1.82, 2.24) is 9.03 Å². The average molecular weight is 280 g/mol. The number of carboxylic acid groups (broad SMARTS) is 1. The highest BCUT2D eigenvalue weighted by Crippen LogP contribution is 2.18. The van der Waals surface area contributed by atoms with E-state index >= 15 is 0 Å². The molecule has 1 heterocycles. The molecule has 0 aliphatic carbocycles. The van der Waals surface area contributed by atoms with Crippen molar-refractivity contribution in [3.8, 4) is 0 Å². The lowest BCUT2D eigenvalue weighted by atomic mass is 9.95. The first kappa shape index (κ1) is 15.4. The number of aliphatic carboxylic acids is 1. The molecule has 8 heteroatoms. The lowest BCUT2D eigenvalue weighted by Gasteiger charge is -2.32. The number of ether oxygens (including phenoxy) is 1. The third-order valence-electron chi connectivity index (χ3n) is 3.25. The SMILES string of the molecule is CCC(CC)(NS(=O)(=O)N1CCOCC1)C(=O)O. The van der Waals surface area contributed by atoms with Crippen molar-refractivity contribution in [2.24, 2.45) is 0 Å². The van der Waals surface area contributed by atoms with E-state index in [0.717, 1.165) is 0 Å². The monoisotopic (exact) mass is 280 g/mol. The molecule has 0 radical (unpaired) electrons. The van der Waals surface area contributed by atoms with Gasteiger partial charge in [-0.3, -0.25) is 4.79 Å². The van der Waals surface area contributed by atoms with Crippen molar-refractivity contribution >= 4 is 16.2 Å². The Balaban J connectivity index is 2.88. The highest BCUT2D eigenvalue weighted by molar-refractivity contribution is 7.87. The molecule has 7 nitrogen and oxygen atoms in total. The second-order valence-corrected chi connectivity index (χ2v) is 5.88. The third-order valence-corrected chi connectivity index (χ3v) is 4.94. The van der Waals surface area contributed by atoms with Gasteiger partial charge in [-0.2, -0.15) is 17.4 Å². The van der Waals surface area contributed by atoms with Crippen molar-refractivity contribution in [3.05, 3.63) is 0 Å². The number of morpholine rings is 1. The largest absolute Gasteiger partial charge is 0.480 e. The smallest absolute Gasteiger partial charge is 0.324 e. The van der Waals surface area contributed by atoms with Gasteiger partial charge in [-0.05, 0) is 12.8 Å². The Hall–Kier alpha value is -0.700. The van der Waals surface area contributed by atoms with E-state index in [4.69, 9.17) is 4.74 Å². The lowest BCUT2D eigenvalue weighted by Crippen LogP contribution is -2.58. The molecular formula is C10H20N2O5S. The number of hydrogen-bond acceptors (Lipinski definition) is 4. The predicted molar refractivity (Wildman–Crippen MR) is 65.4 cm³/mol. The van der Waals surface area contributed by atoms with E-state index in [1.54, 1.807) is 13.8 Å². The van der Waals surface area contributed by atoms with Crippen molar-refractivity contribution in [2.75, 3.05) is 26.3 Å². The molecule has 1 fully saturated rings. The van der Waals surface area contributed by atoms with Gasteiger partial charge in [0.05, 0.1) is 13.2 Å². The van der Waals surface area contributed by atoms with Gasteiger partial charge < -0.3 is 9.84 Å². The summed E-state index contributed by atoms with van der Waals surface area (Å²) < 4.78 is 32.9. The summed E-state index contributed by atoms with van der Waals surface area (Å²) in [6, 6.07) is 0. The van der Waals surface area contributed by atoms with E-state index in [9.17, 15) is 18.3 Å². The van der Waals surface area contributed by atoms with E-state index in [-0.39, 0.29) is 25.9 Å². The molecule has 0 aromatic rings. The Morgan fingerprint density at radius 3 is 2.22 bits per heavy atom. The Labute approximate surface area is 107 Å². The Bertz CT molecular complexity index is 385. The second kappa shape index (κ2) is 5.96. The maximum absolute atomic E-state index is 12.1. The molecule has 0 amide bonds. The third kappa shape index (κ3) is 3.19. The quantitative estimate of drug-likeness (QED) is 0.702. The molecule has 0 spiro atoms. The summed E-state index contributed by atoms with van der Waals surface area (Å²) in [5.41, 5.74) is -1.43. The molecule has 0 bridgehead atoms. The van der Waals surface area contributed by atoms with Gasteiger partial charge >= 0.3 is 5.97 Å². The van der Waals surface area contributed by atoms with E-state index in [1.807, 2.05) is 0 Å². The Morgan fingerprint density at radius 1 is 1.33 bits per heavy atom. The number of hydrogen-bond donors (Lipinski definition) is 2. The summed E-state index contributed by atoms with van der Waals surface area (Å²) >= 11 is 0. The van der Waals surface area contributed by atoms with Gasteiger partial charge in [-0.25, -0.2) is 0 Å². The molecule has 0 atom stereocenters. The van der Waals surface area contributed by atoms with Gasteiger partial charge in [0.15, 0.2) is 0 Å². The van der Waals surface area contributed by atoms with Crippen molar-refractivity contribution in [1.29, 1.82) is 0 Å². The fourth-order valence-electron chi connectivity index (χ4n) is 1.84. The maximum atomic E-state index is 12.1. The van der Waals surface area contributed by atoms with Crippen LogP contribution in [0, 0.1) is 0 Å². The molecule has 0 unspecified atom stereocenters. The number of nitrogens with one attached hydrogen (secondary N) is 1. The highest BCUT2D eigenvalue weighted by Gasteiger charge is 2.40. The number of carboxylic acids is 1. The molecule has 18 heavy (non-hydrogen) atoms.